The van der Waals surface area contributed by atoms with Crippen molar-refractivity contribution in [1.82, 2.24) is 0 Å². The number of hydrogen-bond acceptors (Lipinski definition) is 0. The number of rotatable bonds is 20. The summed E-state index contributed by atoms with van der Waals surface area (Å²) in [6.07, 6.45) is 8.08. The van der Waals surface area contributed by atoms with E-state index in [2.05, 4.69) is 215 Å². The lowest BCUT2D eigenvalue weighted by molar-refractivity contribution is 0.370. The van der Waals surface area contributed by atoms with Gasteiger partial charge in [-0.15, -0.1) is 0 Å². The molecule has 0 aromatic heterocycles. The molecule has 0 aliphatic rings. The van der Waals surface area contributed by atoms with E-state index in [-0.39, 0.29) is 0 Å². The Morgan fingerprint density at radius 1 is 0.213 bits per heavy atom. The van der Waals surface area contributed by atoms with Crippen LogP contribution in [0.15, 0.2) is 146 Å². The lowest BCUT2D eigenvalue weighted by atomic mass is 9.71. The van der Waals surface area contributed by atoms with Gasteiger partial charge in [0.1, 0.15) is 0 Å². The van der Waals surface area contributed by atoms with E-state index in [1.54, 1.807) is 0 Å². The van der Waals surface area contributed by atoms with Crippen molar-refractivity contribution >= 4 is 0 Å². The first kappa shape index (κ1) is 45.8. The minimum absolute atomic E-state index is 0.401. The molecule has 0 amide bonds. The zero-order chi connectivity index (χ0) is 43.5. The highest BCUT2D eigenvalue weighted by Gasteiger charge is 2.30. The van der Waals surface area contributed by atoms with Crippen LogP contribution in [0.3, 0.4) is 0 Å². The third kappa shape index (κ3) is 13.7. The Morgan fingerprint density at radius 2 is 0.344 bits per heavy atom. The van der Waals surface area contributed by atoms with Gasteiger partial charge in [0, 0.05) is 0 Å². The van der Waals surface area contributed by atoms with Gasteiger partial charge in [-0.3, -0.25) is 0 Å². The lowest BCUT2D eigenvalue weighted by Gasteiger charge is -2.33. The van der Waals surface area contributed by atoms with Crippen LogP contribution < -0.4 is 0 Å². The van der Waals surface area contributed by atoms with Gasteiger partial charge in [0.2, 0.25) is 0 Å². The maximum absolute atomic E-state index is 2.46. The highest BCUT2D eigenvalue weighted by atomic mass is 14.3. The molecular weight excluding hydrogens is 733 g/mol. The molecular formula is C61H76. The van der Waals surface area contributed by atoms with Gasteiger partial charge >= 0.3 is 0 Å². The van der Waals surface area contributed by atoms with E-state index in [0.29, 0.717) is 47.3 Å². The molecule has 0 aliphatic carbocycles. The molecule has 0 N–H and O–H groups in total. The summed E-state index contributed by atoms with van der Waals surface area (Å²) >= 11 is 0. The van der Waals surface area contributed by atoms with Gasteiger partial charge in [-0.25, -0.2) is 0 Å². The fourth-order valence-corrected chi connectivity index (χ4v) is 10.1. The van der Waals surface area contributed by atoms with E-state index in [9.17, 15) is 0 Å². The van der Waals surface area contributed by atoms with Crippen LogP contribution in [0.25, 0.3) is 0 Å². The molecule has 0 radical (unpaired) electrons. The van der Waals surface area contributed by atoms with Crippen LogP contribution in [0.2, 0.25) is 0 Å². The predicted octanol–water partition coefficient (Wildman–Crippen LogP) is 17.6. The fraction of sp³-hybridized carbons (Fsp3) is 0.410. The third-order valence-electron chi connectivity index (χ3n) is 13.6. The average molecular weight is 809 g/mol. The first-order chi connectivity index (χ1) is 29.3. The van der Waals surface area contributed by atoms with E-state index in [0.717, 1.165) is 32.1 Å². The van der Waals surface area contributed by atoms with E-state index < -0.39 is 0 Å². The highest BCUT2D eigenvalue weighted by molar-refractivity contribution is 5.34. The van der Waals surface area contributed by atoms with E-state index in [1.165, 1.54) is 79.6 Å². The van der Waals surface area contributed by atoms with Crippen LogP contribution in [0.4, 0.5) is 0 Å². The van der Waals surface area contributed by atoms with E-state index in [1.807, 2.05) is 0 Å². The summed E-state index contributed by atoms with van der Waals surface area (Å²) in [6, 6.07) is 57.3. The summed E-state index contributed by atoms with van der Waals surface area (Å²) in [6.45, 7) is 22.9. The zero-order valence-corrected chi connectivity index (χ0v) is 39.4. The molecule has 0 fully saturated rings. The molecule has 6 rings (SSSR count). The van der Waals surface area contributed by atoms with Gasteiger partial charge in [0.15, 0.2) is 0 Å². The Kier molecular flexibility index (Phi) is 16.5. The molecule has 0 saturated carbocycles. The quantitative estimate of drug-likeness (QED) is 0.0721. The zero-order valence-electron chi connectivity index (χ0n) is 39.4. The first-order valence-electron chi connectivity index (χ1n) is 23.7. The van der Waals surface area contributed by atoms with Crippen molar-refractivity contribution in [2.75, 3.05) is 0 Å². The molecule has 0 heteroatoms. The van der Waals surface area contributed by atoms with Crippen molar-refractivity contribution in [3.8, 4) is 0 Å². The van der Waals surface area contributed by atoms with Crippen molar-refractivity contribution in [2.24, 2.45) is 11.8 Å². The smallest absolute Gasteiger partial charge is 0.0150 e. The summed E-state index contributed by atoms with van der Waals surface area (Å²) in [7, 11) is 0. The SMILES string of the molecule is Cc1ccc(C(CC(C)C)CC(CC(CC(CC(CC(CC(C)C)c2ccc(C)cc2)c2ccc(C)cc2)c2ccc(C)cc2)c2ccc(C)cc2)c2ccc(C)cc2)cc1. The van der Waals surface area contributed by atoms with Crippen LogP contribution in [0.1, 0.15) is 175 Å². The molecule has 6 aromatic rings. The molecule has 0 bridgehead atoms. The molecule has 320 valence electrons. The summed E-state index contributed by atoms with van der Waals surface area (Å²) in [5.41, 5.74) is 16.9. The van der Waals surface area contributed by atoms with Crippen molar-refractivity contribution in [1.29, 1.82) is 0 Å². The molecule has 6 unspecified atom stereocenters. The average Bonchev–Trinajstić information content (AvgIpc) is 3.23. The van der Waals surface area contributed by atoms with Crippen molar-refractivity contribution < 1.29 is 0 Å². The summed E-state index contributed by atoms with van der Waals surface area (Å²) < 4.78 is 0. The van der Waals surface area contributed by atoms with Gasteiger partial charge in [-0.2, -0.15) is 0 Å². The van der Waals surface area contributed by atoms with Crippen LogP contribution in [-0.4, -0.2) is 0 Å². The molecule has 61 heavy (non-hydrogen) atoms. The molecule has 6 atom stereocenters. The van der Waals surface area contributed by atoms with Gasteiger partial charge in [0.05, 0.1) is 0 Å². The lowest BCUT2D eigenvalue weighted by Crippen LogP contribution is -2.17. The van der Waals surface area contributed by atoms with Gasteiger partial charge < -0.3 is 0 Å². The number of aryl methyl sites for hydroxylation is 6. The monoisotopic (exact) mass is 809 g/mol. The fourth-order valence-electron chi connectivity index (χ4n) is 10.1. The second-order valence-electron chi connectivity index (χ2n) is 20.1. The predicted molar refractivity (Wildman–Crippen MR) is 266 cm³/mol. The van der Waals surface area contributed by atoms with Gasteiger partial charge in [-0.05, 0) is 167 Å². The Balaban J connectivity index is 1.43. The second-order valence-corrected chi connectivity index (χ2v) is 20.1. The number of hydrogen-bond donors (Lipinski definition) is 0. The van der Waals surface area contributed by atoms with Crippen LogP contribution in [-0.2, 0) is 0 Å². The molecule has 0 nitrogen and oxygen atoms in total. The maximum atomic E-state index is 2.46. The largest absolute Gasteiger partial charge is 0.0628 e. The van der Waals surface area contributed by atoms with E-state index in [4.69, 9.17) is 0 Å². The normalized spacial score (nSPS) is 14.8. The Morgan fingerprint density at radius 3 is 0.475 bits per heavy atom. The molecule has 0 saturated heterocycles. The molecule has 6 aromatic carbocycles. The van der Waals surface area contributed by atoms with Crippen LogP contribution in [0.5, 0.6) is 0 Å². The van der Waals surface area contributed by atoms with Crippen LogP contribution >= 0.6 is 0 Å². The second kappa shape index (κ2) is 21.9. The summed E-state index contributed by atoms with van der Waals surface area (Å²) in [5, 5.41) is 0. The molecule has 0 aliphatic heterocycles. The van der Waals surface area contributed by atoms with Crippen molar-refractivity contribution in [3.63, 3.8) is 0 Å². The Bertz CT molecular complexity index is 2000. The topological polar surface area (TPSA) is 0 Å². The van der Waals surface area contributed by atoms with Crippen molar-refractivity contribution in [3.05, 3.63) is 212 Å². The maximum Gasteiger partial charge on any atom is -0.0150 e. The number of benzene rings is 6. The Labute approximate surface area is 372 Å². The first-order valence-corrected chi connectivity index (χ1v) is 23.7. The van der Waals surface area contributed by atoms with Crippen molar-refractivity contribution in [2.45, 2.75) is 150 Å². The third-order valence-corrected chi connectivity index (χ3v) is 13.6. The summed E-state index contributed by atoms with van der Waals surface area (Å²) in [4.78, 5) is 0. The Hall–Kier alpha value is -4.68. The standard InChI is InChI=1S/C61H76/c1-42(2)35-56(50-23-11-44(5)12-24-50)37-58(52-27-15-46(7)16-28-52)39-60(54-31-19-48(9)20-32-54)41-61(55-33-21-49(10)22-34-55)40-59(53-29-17-47(8)18-30-53)38-57(36-43(3)4)51-25-13-45(6)14-26-51/h11-34,42-43,56-61H,35-41H2,1-10H3. The minimum atomic E-state index is 0.401. The van der Waals surface area contributed by atoms with E-state index >= 15 is 0 Å². The van der Waals surface area contributed by atoms with Gasteiger partial charge in [-0.1, -0.05) is 207 Å². The highest BCUT2D eigenvalue weighted by Crippen LogP contribution is 2.47. The molecule has 0 spiro atoms. The summed E-state index contributed by atoms with van der Waals surface area (Å²) in [5.74, 6) is 3.93. The van der Waals surface area contributed by atoms with Gasteiger partial charge in [0.25, 0.3) is 0 Å². The minimum Gasteiger partial charge on any atom is -0.0628 e. The van der Waals surface area contributed by atoms with Crippen LogP contribution in [0, 0.1) is 53.4 Å². The molecule has 0 heterocycles.